The Kier molecular flexibility index (Phi) is 4.38. The normalized spacial score (nSPS) is 17.9. The average molecular weight is 260 g/mol. The predicted octanol–water partition coefficient (Wildman–Crippen LogP) is 3.19. The average Bonchev–Trinajstić information content (AvgIpc) is 2.46. The second-order valence-corrected chi connectivity index (χ2v) is 5.22. The Morgan fingerprint density at radius 2 is 1.74 bits per heavy atom. The zero-order valence-corrected chi connectivity index (χ0v) is 11.0. The predicted molar refractivity (Wildman–Crippen MR) is 74.9 cm³/mol. The summed E-state index contributed by atoms with van der Waals surface area (Å²) in [6.07, 6.45) is 4.85. The van der Waals surface area contributed by atoms with E-state index in [1.807, 2.05) is 24.3 Å². The highest BCUT2D eigenvalue weighted by atomic mass is 16.4. The molecule has 0 bridgehead atoms. The van der Waals surface area contributed by atoms with Crippen LogP contribution in [-0.4, -0.2) is 22.3 Å². The first-order valence-corrected chi connectivity index (χ1v) is 6.79. The van der Waals surface area contributed by atoms with Crippen molar-refractivity contribution in [3.05, 3.63) is 42.0 Å². The van der Waals surface area contributed by atoms with Crippen molar-refractivity contribution in [2.45, 2.75) is 44.1 Å². The first kappa shape index (κ1) is 13.8. The lowest BCUT2D eigenvalue weighted by atomic mass is 9.83. The molecule has 1 fully saturated rings. The largest absolute Gasteiger partial charge is 0.479 e. The van der Waals surface area contributed by atoms with Gasteiger partial charge in [0.25, 0.3) is 0 Å². The van der Waals surface area contributed by atoms with Crippen molar-refractivity contribution in [3.8, 4) is 0 Å². The molecular formula is C16H20O3. The lowest BCUT2D eigenvalue weighted by Gasteiger charge is -2.22. The van der Waals surface area contributed by atoms with E-state index in [-0.39, 0.29) is 5.57 Å². The maximum Gasteiger partial charge on any atom is 0.337 e. The number of hydrogen-bond acceptors (Lipinski definition) is 2. The minimum Gasteiger partial charge on any atom is -0.479 e. The van der Waals surface area contributed by atoms with Gasteiger partial charge in [-0.2, -0.15) is 0 Å². The Hall–Kier alpha value is -1.61. The van der Waals surface area contributed by atoms with Gasteiger partial charge in [0.15, 0.2) is 6.10 Å². The Balaban J connectivity index is 2.09. The molecule has 0 aliphatic heterocycles. The lowest BCUT2D eigenvalue weighted by Crippen LogP contribution is -2.20. The summed E-state index contributed by atoms with van der Waals surface area (Å²) in [5, 5.41) is 18.2. The molecular weight excluding hydrogens is 240 g/mol. The van der Waals surface area contributed by atoms with Gasteiger partial charge in [-0.15, -0.1) is 0 Å². The molecule has 0 radical (unpaired) electrons. The van der Waals surface area contributed by atoms with Crippen LogP contribution in [0, 0.1) is 0 Å². The molecule has 2 rings (SSSR count). The molecule has 1 aliphatic carbocycles. The van der Waals surface area contributed by atoms with Crippen LogP contribution in [0.4, 0.5) is 0 Å². The lowest BCUT2D eigenvalue weighted by molar-refractivity contribution is -0.143. The highest BCUT2D eigenvalue weighted by Crippen LogP contribution is 2.33. The number of benzene rings is 1. The zero-order valence-electron chi connectivity index (χ0n) is 11.0. The Morgan fingerprint density at radius 1 is 1.16 bits per heavy atom. The summed E-state index contributed by atoms with van der Waals surface area (Å²) in [5.74, 6) is -0.637. The third-order valence-electron chi connectivity index (χ3n) is 3.92. The number of hydrogen-bond donors (Lipinski definition) is 2. The molecule has 0 amide bonds. The van der Waals surface area contributed by atoms with Gasteiger partial charge in [-0.1, -0.05) is 50.1 Å². The minimum absolute atomic E-state index is 0.239. The van der Waals surface area contributed by atoms with Gasteiger partial charge < -0.3 is 10.2 Å². The summed E-state index contributed by atoms with van der Waals surface area (Å²) in [6, 6.07) is 7.78. The highest BCUT2D eigenvalue weighted by molar-refractivity contribution is 5.88. The van der Waals surface area contributed by atoms with Crippen molar-refractivity contribution in [3.63, 3.8) is 0 Å². The third kappa shape index (κ3) is 3.24. The fourth-order valence-electron chi connectivity index (χ4n) is 2.71. The molecule has 1 aromatic carbocycles. The SMILES string of the molecule is C=C(c1ccc(C2CCCCC2)cc1)C(O)C(=O)O. The molecule has 1 atom stereocenters. The molecule has 1 unspecified atom stereocenters. The van der Waals surface area contributed by atoms with Crippen molar-refractivity contribution < 1.29 is 15.0 Å². The zero-order chi connectivity index (χ0) is 13.8. The summed E-state index contributed by atoms with van der Waals surface area (Å²) < 4.78 is 0. The maximum atomic E-state index is 10.7. The van der Waals surface area contributed by atoms with E-state index < -0.39 is 12.1 Å². The van der Waals surface area contributed by atoms with Crippen molar-refractivity contribution in [1.82, 2.24) is 0 Å². The van der Waals surface area contributed by atoms with Crippen LogP contribution in [-0.2, 0) is 4.79 Å². The van der Waals surface area contributed by atoms with Crippen LogP contribution < -0.4 is 0 Å². The third-order valence-corrected chi connectivity index (χ3v) is 3.92. The highest BCUT2D eigenvalue weighted by Gasteiger charge is 2.19. The van der Waals surface area contributed by atoms with Crippen LogP contribution in [0.1, 0.15) is 49.1 Å². The van der Waals surface area contributed by atoms with Crippen molar-refractivity contribution >= 4 is 11.5 Å². The fraction of sp³-hybridized carbons (Fsp3) is 0.438. The van der Waals surface area contributed by atoms with Crippen LogP contribution in [0.15, 0.2) is 30.8 Å². The van der Waals surface area contributed by atoms with Crippen molar-refractivity contribution in [2.24, 2.45) is 0 Å². The standard InChI is InChI=1S/C16H20O3/c1-11(15(17)16(18)19)12-7-9-14(10-8-12)13-5-3-2-4-6-13/h7-10,13,15,17H,1-6H2,(H,18,19). The molecule has 102 valence electrons. The van der Waals surface area contributed by atoms with Crippen molar-refractivity contribution in [1.29, 1.82) is 0 Å². The summed E-state index contributed by atoms with van der Waals surface area (Å²) in [6.45, 7) is 3.66. The number of rotatable bonds is 4. The van der Waals surface area contributed by atoms with Gasteiger partial charge in [0.1, 0.15) is 0 Å². The van der Waals surface area contributed by atoms with E-state index in [0.717, 1.165) is 0 Å². The molecule has 2 N–H and O–H groups in total. The molecule has 19 heavy (non-hydrogen) atoms. The number of aliphatic hydroxyl groups excluding tert-OH is 1. The van der Waals surface area contributed by atoms with Crippen LogP contribution in [0.5, 0.6) is 0 Å². The summed E-state index contributed by atoms with van der Waals surface area (Å²) in [7, 11) is 0. The van der Waals surface area contributed by atoms with Gasteiger partial charge >= 0.3 is 5.97 Å². The molecule has 0 spiro atoms. The quantitative estimate of drug-likeness (QED) is 0.874. The molecule has 0 heterocycles. The second kappa shape index (κ2) is 6.02. The van der Waals surface area contributed by atoms with Crippen LogP contribution in [0.3, 0.4) is 0 Å². The minimum atomic E-state index is -1.53. The van der Waals surface area contributed by atoms with Crippen LogP contribution in [0.2, 0.25) is 0 Å². The van der Waals surface area contributed by atoms with Gasteiger partial charge in [-0.05, 0) is 35.5 Å². The van der Waals surface area contributed by atoms with E-state index in [1.165, 1.54) is 37.7 Å². The van der Waals surface area contributed by atoms with E-state index in [9.17, 15) is 9.90 Å². The van der Waals surface area contributed by atoms with E-state index in [0.29, 0.717) is 11.5 Å². The van der Waals surface area contributed by atoms with E-state index in [4.69, 9.17) is 5.11 Å². The van der Waals surface area contributed by atoms with Crippen molar-refractivity contribution in [2.75, 3.05) is 0 Å². The number of carboxylic acid groups (broad SMARTS) is 1. The van der Waals surface area contributed by atoms with Gasteiger partial charge in [0.2, 0.25) is 0 Å². The first-order valence-electron chi connectivity index (χ1n) is 6.79. The fourth-order valence-corrected chi connectivity index (χ4v) is 2.71. The van der Waals surface area contributed by atoms with Crippen LogP contribution in [0.25, 0.3) is 5.57 Å². The van der Waals surface area contributed by atoms with Gasteiger partial charge in [-0.25, -0.2) is 4.79 Å². The number of carboxylic acids is 1. The Morgan fingerprint density at radius 3 is 2.26 bits per heavy atom. The monoisotopic (exact) mass is 260 g/mol. The molecule has 0 saturated heterocycles. The van der Waals surface area contributed by atoms with Gasteiger partial charge in [0, 0.05) is 0 Å². The van der Waals surface area contributed by atoms with E-state index >= 15 is 0 Å². The molecule has 0 aromatic heterocycles. The van der Waals surface area contributed by atoms with Gasteiger partial charge in [0.05, 0.1) is 0 Å². The van der Waals surface area contributed by atoms with Gasteiger partial charge in [-0.3, -0.25) is 0 Å². The number of carbonyl (C=O) groups is 1. The first-order chi connectivity index (χ1) is 9.09. The molecule has 3 heteroatoms. The molecule has 3 nitrogen and oxygen atoms in total. The van der Waals surface area contributed by atoms with E-state index in [1.54, 1.807) is 0 Å². The topological polar surface area (TPSA) is 57.5 Å². The number of aliphatic carboxylic acids is 1. The summed E-state index contributed by atoms with van der Waals surface area (Å²) in [4.78, 5) is 10.7. The maximum absolute atomic E-state index is 10.7. The second-order valence-electron chi connectivity index (χ2n) is 5.22. The summed E-state index contributed by atoms with van der Waals surface area (Å²) in [5.41, 5.74) is 2.23. The Bertz CT molecular complexity index is 455. The molecule has 1 aliphatic rings. The van der Waals surface area contributed by atoms with E-state index in [2.05, 4.69) is 6.58 Å². The van der Waals surface area contributed by atoms with Crippen LogP contribution >= 0.6 is 0 Å². The molecule has 1 saturated carbocycles. The molecule has 1 aromatic rings. The smallest absolute Gasteiger partial charge is 0.337 e. The summed E-state index contributed by atoms with van der Waals surface area (Å²) >= 11 is 0. The Labute approximate surface area is 113 Å². The number of aliphatic hydroxyl groups is 1.